The molecule has 0 unspecified atom stereocenters. The second kappa shape index (κ2) is 12.9. The van der Waals surface area contributed by atoms with Crippen LogP contribution in [0.4, 0.5) is 0 Å². The Morgan fingerprint density at radius 2 is 1.58 bits per heavy atom. The maximum atomic E-state index is 3.51. The summed E-state index contributed by atoms with van der Waals surface area (Å²) in [5.74, 6) is 0.771. The fourth-order valence-electron chi connectivity index (χ4n) is 2.19. The highest BCUT2D eigenvalue weighted by molar-refractivity contribution is 4.58. The van der Waals surface area contributed by atoms with E-state index in [0.29, 0.717) is 0 Å². The van der Waals surface area contributed by atoms with Crippen LogP contribution in [0.2, 0.25) is 0 Å². The third kappa shape index (κ3) is 14.1. The van der Waals surface area contributed by atoms with Crippen molar-refractivity contribution in [3.63, 3.8) is 0 Å². The molecule has 0 atom stereocenters. The molecule has 0 saturated carbocycles. The average molecular weight is 271 g/mol. The van der Waals surface area contributed by atoms with Gasteiger partial charge in [0.05, 0.1) is 0 Å². The molecule has 19 heavy (non-hydrogen) atoms. The topological polar surface area (TPSA) is 18.5 Å². The molecule has 0 fully saturated rings. The lowest BCUT2D eigenvalue weighted by Crippen LogP contribution is -2.28. The van der Waals surface area contributed by atoms with E-state index >= 15 is 0 Å². The van der Waals surface area contributed by atoms with Crippen molar-refractivity contribution < 1.29 is 0 Å². The van der Waals surface area contributed by atoms with Crippen LogP contribution in [0.5, 0.6) is 0 Å². The zero-order valence-corrected chi connectivity index (χ0v) is 14.0. The molecule has 1 N–H and O–H groups in total. The lowest BCUT2D eigenvalue weighted by Gasteiger charge is -2.21. The first-order valence-electron chi connectivity index (χ1n) is 8.14. The molecule has 116 valence electrons. The van der Waals surface area contributed by atoms with Crippen LogP contribution < -0.4 is 5.32 Å². The van der Waals surface area contributed by atoms with E-state index in [2.05, 4.69) is 50.0 Å². The van der Waals surface area contributed by atoms with Gasteiger partial charge < -0.3 is 15.1 Å². The van der Waals surface area contributed by atoms with Gasteiger partial charge in [0.25, 0.3) is 0 Å². The van der Waals surface area contributed by atoms with Gasteiger partial charge in [0.2, 0.25) is 0 Å². The molecule has 0 saturated heterocycles. The highest BCUT2D eigenvalue weighted by Gasteiger charge is 2.02. The van der Waals surface area contributed by atoms with Crippen molar-refractivity contribution in [2.75, 3.05) is 53.4 Å². The Labute approximate surface area is 121 Å². The second-order valence-corrected chi connectivity index (χ2v) is 6.25. The molecule has 3 heteroatoms. The second-order valence-electron chi connectivity index (χ2n) is 6.25. The summed E-state index contributed by atoms with van der Waals surface area (Å²) >= 11 is 0. The smallest absolute Gasteiger partial charge is 0.000667 e. The zero-order chi connectivity index (χ0) is 14.5. The summed E-state index contributed by atoms with van der Waals surface area (Å²) in [6.45, 7) is 14.1. The van der Waals surface area contributed by atoms with Crippen molar-refractivity contribution in [2.45, 2.75) is 46.5 Å². The van der Waals surface area contributed by atoms with E-state index in [4.69, 9.17) is 0 Å². The number of hydrogen-bond acceptors (Lipinski definition) is 3. The SMILES string of the molecule is CCN(CCCCCNCC(C)C)CCCN(C)C. The first-order valence-corrected chi connectivity index (χ1v) is 8.14. The molecular weight excluding hydrogens is 234 g/mol. The van der Waals surface area contributed by atoms with Gasteiger partial charge in [-0.2, -0.15) is 0 Å². The van der Waals surface area contributed by atoms with Crippen molar-refractivity contribution in [3.8, 4) is 0 Å². The molecule has 0 bridgehead atoms. The summed E-state index contributed by atoms with van der Waals surface area (Å²) in [7, 11) is 4.31. The van der Waals surface area contributed by atoms with Gasteiger partial charge in [-0.15, -0.1) is 0 Å². The van der Waals surface area contributed by atoms with Gasteiger partial charge in [-0.3, -0.25) is 0 Å². The van der Waals surface area contributed by atoms with Gasteiger partial charge in [-0.1, -0.05) is 27.2 Å². The molecule has 3 nitrogen and oxygen atoms in total. The molecule has 0 amide bonds. The molecule has 0 rings (SSSR count). The first-order chi connectivity index (χ1) is 9.06. The lowest BCUT2D eigenvalue weighted by atomic mass is 10.2. The molecule has 0 aliphatic carbocycles. The van der Waals surface area contributed by atoms with E-state index in [1.54, 1.807) is 0 Å². The van der Waals surface area contributed by atoms with Gasteiger partial charge in [0.15, 0.2) is 0 Å². The van der Waals surface area contributed by atoms with Gasteiger partial charge >= 0.3 is 0 Å². The van der Waals surface area contributed by atoms with Gasteiger partial charge in [0, 0.05) is 0 Å². The van der Waals surface area contributed by atoms with Crippen molar-refractivity contribution in [3.05, 3.63) is 0 Å². The third-order valence-corrected chi connectivity index (χ3v) is 3.41. The summed E-state index contributed by atoms with van der Waals surface area (Å²) in [5.41, 5.74) is 0. The van der Waals surface area contributed by atoms with Crippen molar-refractivity contribution in [1.29, 1.82) is 0 Å². The predicted molar refractivity (Wildman–Crippen MR) is 86.8 cm³/mol. The highest BCUT2D eigenvalue weighted by Crippen LogP contribution is 2.00. The number of rotatable bonds is 13. The van der Waals surface area contributed by atoms with Crippen LogP contribution in [0.25, 0.3) is 0 Å². The minimum absolute atomic E-state index is 0.771. The summed E-state index contributed by atoms with van der Waals surface area (Å²) < 4.78 is 0. The molecular formula is C16H37N3. The minimum Gasteiger partial charge on any atom is -0.316 e. The molecule has 0 aromatic carbocycles. The number of hydrogen-bond donors (Lipinski definition) is 1. The largest absolute Gasteiger partial charge is 0.316 e. The van der Waals surface area contributed by atoms with E-state index in [-0.39, 0.29) is 0 Å². The normalized spacial score (nSPS) is 12.0. The predicted octanol–water partition coefficient (Wildman–Crippen LogP) is 2.68. The molecule has 0 aliphatic heterocycles. The first kappa shape index (κ1) is 18.9. The Morgan fingerprint density at radius 3 is 2.16 bits per heavy atom. The van der Waals surface area contributed by atoms with E-state index < -0.39 is 0 Å². The van der Waals surface area contributed by atoms with E-state index in [9.17, 15) is 0 Å². The molecule has 0 aliphatic rings. The van der Waals surface area contributed by atoms with Crippen LogP contribution in [0.1, 0.15) is 46.5 Å². The Bertz CT molecular complexity index is 181. The van der Waals surface area contributed by atoms with Crippen LogP contribution in [0.15, 0.2) is 0 Å². The maximum absolute atomic E-state index is 3.51. The van der Waals surface area contributed by atoms with Crippen LogP contribution in [0, 0.1) is 5.92 Å². The summed E-state index contributed by atoms with van der Waals surface area (Å²) in [6.07, 6.45) is 5.31. The zero-order valence-electron chi connectivity index (χ0n) is 14.0. The fourth-order valence-corrected chi connectivity index (χ4v) is 2.19. The van der Waals surface area contributed by atoms with Crippen LogP contribution >= 0.6 is 0 Å². The number of nitrogens with one attached hydrogen (secondary N) is 1. The molecule has 0 radical (unpaired) electrons. The summed E-state index contributed by atoms with van der Waals surface area (Å²) in [6, 6.07) is 0. The maximum Gasteiger partial charge on any atom is -0.000667 e. The number of unbranched alkanes of at least 4 members (excludes halogenated alkanes) is 2. The van der Waals surface area contributed by atoms with Crippen molar-refractivity contribution in [1.82, 2.24) is 15.1 Å². The van der Waals surface area contributed by atoms with Gasteiger partial charge in [-0.25, -0.2) is 0 Å². The molecule has 0 aromatic heterocycles. The fraction of sp³-hybridized carbons (Fsp3) is 1.00. The Balaban J connectivity index is 3.35. The molecule has 0 aromatic rings. The van der Waals surface area contributed by atoms with E-state index in [1.807, 2.05) is 0 Å². The molecule has 0 heterocycles. The standard InChI is InChI=1S/C16H37N3/c1-6-19(14-10-12-18(4)5)13-9-7-8-11-17-15-16(2)3/h16-17H,6-15H2,1-5H3. The van der Waals surface area contributed by atoms with Gasteiger partial charge in [0.1, 0.15) is 0 Å². The Kier molecular flexibility index (Phi) is 12.8. The van der Waals surface area contributed by atoms with Crippen molar-refractivity contribution >= 4 is 0 Å². The van der Waals surface area contributed by atoms with Gasteiger partial charge in [-0.05, 0) is 78.5 Å². The quantitative estimate of drug-likeness (QED) is 0.520. The van der Waals surface area contributed by atoms with Crippen LogP contribution in [-0.4, -0.2) is 63.2 Å². The van der Waals surface area contributed by atoms with E-state index in [0.717, 1.165) is 12.5 Å². The molecule has 0 spiro atoms. The Hall–Kier alpha value is -0.120. The average Bonchev–Trinajstić information content (AvgIpc) is 2.34. The Morgan fingerprint density at radius 1 is 0.895 bits per heavy atom. The number of nitrogens with zero attached hydrogens (tertiary/aromatic N) is 2. The monoisotopic (exact) mass is 271 g/mol. The van der Waals surface area contributed by atoms with Crippen LogP contribution in [0.3, 0.4) is 0 Å². The van der Waals surface area contributed by atoms with Crippen LogP contribution in [-0.2, 0) is 0 Å². The summed E-state index contributed by atoms with van der Waals surface area (Å²) in [4.78, 5) is 4.86. The third-order valence-electron chi connectivity index (χ3n) is 3.41. The highest BCUT2D eigenvalue weighted by atomic mass is 15.1. The van der Waals surface area contributed by atoms with Crippen molar-refractivity contribution in [2.24, 2.45) is 5.92 Å². The lowest BCUT2D eigenvalue weighted by molar-refractivity contribution is 0.261. The van der Waals surface area contributed by atoms with E-state index in [1.165, 1.54) is 58.4 Å². The minimum atomic E-state index is 0.771. The summed E-state index contributed by atoms with van der Waals surface area (Å²) in [5, 5.41) is 3.51.